The summed E-state index contributed by atoms with van der Waals surface area (Å²) >= 11 is 3.20. The number of halogens is 1. The summed E-state index contributed by atoms with van der Waals surface area (Å²) < 4.78 is 16.2. The van der Waals surface area contributed by atoms with E-state index in [0.717, 1.165) is 0 Å². The van der Waals surface area contributed by atoms with Crippen LogP contribution in [0.4, 0.5) is 0 Å². The third-order valence-electron chi connectivity index (χ3n) is 2.67. The lowest BCUT2D eigenvalue weighted by atomic mass is 10.1. The average Bonchev–Trinajstić information content (AvgIpc) is 2.89. The summed E-state index contributed by atoms with van der Waals surface area (Å²) in [6.07, 6.45) is 3.04. The van der Waals surface area contributed by atoms with Crippen molar-refractivity contribution in [2.24, 2.45) is 0 Å². The fraction of sp³-hybridized carbons (Fsp3) is 0.133. The number of methoxy groups -OCH3 is 2. The number of hydrogen-bond donors (Lipinski definition) is 0. The zero-order chi connectivity index (χ0) is 14.5. The molecular formula is C15H13BrO4. The van der Waals surface area contributed by atoms with E-state index in [4.69, 9.17) is 13.9 Å². The normalized spacial score (nSPS) is 10.8. The third-order valence-corrected chi connectivity index (χ3v) is 3.09. The lowest BCUT2D eigenvalue weighted by molar-refractivity contribution is 0.104. The van der Waals surface area contributed by atoms with E-state index in [1.165, 1.54) is 13.2 Å². The summed E-state index contributed by atoms with van der Waals surface area (Å²) in [4.78, 5) is 12.2. The molecule has 1 heterocycles. The summed E-state index contributed by atoms with van der Waals surface area (Å²) in [6, 6.07) is 8.60. The quantitative estimate of drug-likeness (QED) is 0.612. The van der Waals surface area contributed by atoms with Crippen molar-refractivity contribution in [3.63, 3.8) is 0 Å². The van der Waals surface area contributed by atoms with Gasteiger partial charge >= 0.3 is 0 Å². The number of rotatable bonds is 5. The Labute approximate surface area is 125 Å². The summed E-state index contributed by atoms with van der Waals surface area (Å²) in [6.45, 7) is 0. The highest BCUT2D eigenvalue weighted by Crippen LogP contribution is 2.25. The highest BCUT2D eigenvalue weighted by molar-refractivity contribution is 9.10. The lowest BCUT2D eigenvalue weighted by Crippen LogP contribution is -1.99. The Bertz CT molecular complexity index is 643. The molecule has 0 amide bonds. The fourth-order valence-electron chi connectivity index (χ4n) is 1.67. The molecule has 4 nitrogen and oxygen atoms in total. The summed E-state index contributed by atoms with van der Waals surface area (Å²) in [5, 5.41) is 0. The Morgan fingerprint density at radius 2 is 2.00 bits per heavy atom. The van der Waals surface area contributed by atoms with Gasteiger partial charge in [-0.1, -0.05) is 0 Å². The second-order valence-electron chi connectivity index (χ2n) is 3.91. The summed E-state index contributed by atoms with van der Waals surface area (Å²) in [7, 11) is 3.07. The van der Waals surface area contributed by atoms with Crippen LogP contribution in [0.15, 0.2) is 45.5 Å². The maximum Gasteiger partial charge on any atom is 0.189 e. The number of carbonyl (C=O) groups is 1. The number of benzene rings is 1. The Hall–Kier alpha value is -2.01. The Balaban J connectivity index is 2.26. The van der Waals surface area contributed by atoms with Crippen LogP contribution < -0.4 is 9.47 Å². The molecule has 0 radical (unpaired) electrons. The van der Waals surface area contributed by atoms with Crippen LogP contribution in [0, 0.1) is 0 Å². The van der Waals surface area contributed by atoms with E-state index in [9.17, 15) is 4.79 Å². The van der Waals surface area contributed by atoms with Gasteiger partial charge in [-0.05, 0) is 58.4 Å². The monoisotopic (exact) mass is 336 g/mol. The molecule has 0 saturated carbocycles. The van der Waals surface area contributed by atoms with Crippen LogP contribution in [0.2, 0.25) is 0 Å². The minimum atomic E-state index is -0.187. The van der Waals surface area contributed by atoms with Crippen LogP contribution in [0.5, 0.6) is 11.5 Å². The number of furan rings is 1. The molecule has 0 atom stereocenters. The SMILES string of the molecule is COc1ccc(OC)c(C(=O)/C=C/c2ccc(Br)o2)c1. The van der Waals surface area contributed by atoms with Crippen molar-refractivity contribution in [1.82, 2.24) is 0 Å². The molecule has 0 aliphatic carbocycles. The second-order valence-corrected chi connectivity index (χ2v) is 4.69. The Kier molecular flexibility index (Phi) is 4.63. The molecule has 0 spiro atoms. The van der Waals surface area contributed by atoms with Crippen molar-refractivity contribution in [3.05, 3.63) is 52.4 Å². The molecule has 0 fully saturated rings. The largest absolute Gasteiger partial charge is 0.497 e. The molecule has 1 aromatic carbocycles. The van der Waals surface area contributed by atoms with Crippen LogP contribution in [0.25, 0.3) is 6.08 Å². The predicted molar refractivity (Wildman–Crippen MR) is 79.3 cm³/mol. The van der Waals surface area contributed by atoms with Gasteiger partial charge in [-0.15, -0.1) is 0 Å². The van der Waals surface area contributed by atoms with Gasteiger partial charge in [0.2, 0.25) is 0 Å². The van der Waals surface area contributed by atoms with E-state index in [2.05, 4.69) is 15.9 Å². The van der Waals surface area contributed by atoms with Gasteiger partial charge in [-0.2, -0.15) is 0 Å². The molecule has 0 unspecified atom stereocenters. The maximum atomic E-state index is 12.2. The van der Waals surface area contributed by atoms with Gasteiger partial charge in [-0.25, -0.2) is 0 Å². The van der Waals surface area contributed by atoms with Gasteiger partial charge in [0.15, 0.2) is 10.5 Å². The molecule has 0 aliphatic rings. The first-order valence-electron chi connectivity index (χ1n) is 5.84. The number of hydrogen-bond acceptors (Lipinski definition) is 4. The van der Waals surface area contributed by atoms with E-state index in [0.29, 0.717) is 27.5 Å². The molecule has 2 aromatic rings. The Morgan fingerprint density at radius 1 is 1.20 bits per heavy atom. The van der Waals surface area contributed by atoms with Crippen molar-refractivity contribution in [3.8, 4) is 11.5 Å². The molecule has 104 valence electrons. The fourth-order valence-corrected chi connectivity index (χ4v) is 1.99. The summed E-state index contributed by atoms with van der Waals surface area (Å²) in [5.41, 5.74) is 0.439. The molecule has 0 bridgehead atoms. The molecular weight excluding hydrogens is 324 g/mol. The molecule has 0 aliphatic heterocycles. The molecule has 0 saturated heterocycles. The van der Waals surface area contributed by atoms with Crippen LogP contribution in [0.3, 0.4) is 0 Å². The molecule has 5 heteroatoms. The van der Waals surface area contributed by atoms with Crippen LogP contribution in [-0.4, -0.2) is 20.0 Å². The van der Waals surface area contributed by atoms with Gasteiger partial charge in [0.1, 0.15) is 17.3 Å². The minimum absolute atomic E-state index is 0.187. The zero-order valence-electron chi connectivity index (χ0n) is 11.1. The highest BCUT2D eigenvalue weighted by Gasteiger charge is 2.11. The molecule has 0 N–H and O–H groups in total. The van der Waals surface area contributed by atoms with Crippen molar-refractivity contribution >= 4 is 27.8 Å². The zero-order valence-corrected chi connectivity index (χ0v) is 12.6. The standard InChI is InChI=1S/C15H13BrO4/c1-18-11-4-7-14(19-2)12(9-11)13(17)6-3-10-5-8-15(16)20-10/h3-9H,1-2H3/b6-3+. The van der Waals surface area contributed by atoms with E-state index in [-0.39, 0.29) is 5.78 Å². The van der Waals surface area contributed by atoms with Crippen LogP contribution in [0.1, 0.15) is 16.1 Å². The van der Waals surface area contributed by atoms with Crippen molar-refractivity contribution in [1.29, 1.82) is 0 Å². The first-order chi connectivity index (χ1) is 9.63. The first-order valence-corrected chi connectivity index (χ1v) is 6.63. The van der Waals surface area contributed by atoms with Crippen LogP contribution >= 0.6 is 15.9 Å². The van der Waals surface area contributed by atoms with Crippen molar-refractivity contribution in [2.45, 2.75) is 0 Å². The van der Waals surface area contributed by atoms with Gasteiger partial charge in [0, 0.05) is 0 Å². The van der Waals surface area contributed by atoms with E-state index in [1.807, 2.05) is 0 Å². The van der Waals surface area contributed by atoms with Crippen molar-refractivity contribution < 1.29 is 18.7 Å². The van der Waals surface area contributed by atoms with Crippen LogP contribution in [-0.2, 0) is 0 Å². The number of ketones is 1. The number of carbonyl (C=O) groups excluding carboxylic acids is 1. The topological polar surface area (TPSA) is 48.7 Å². The molecule has 20 heavy (non-hydrogen) atoms. The first kappa shape index (κ1) is 14.4. The van der Waals surface area contributed by atoms with Gasteiger partial charge in [0.25, 0.3) is 0 Å². The van der Waals surface area contributed by atoms with Gasteiger partial charge in [-0.3, -0.25) is 4.79 Å². The van der Waals surface area contributed by atoms with E-state index in [1.54, 1.807) is 43.5 Å². The maximum absolute atomic E-state index is 12.2. The van der Waals surface area contributed by atoms with E-state index >= 15 is 0 Å². The third kappa shape index (κ3) is 3.30. The van der Waals surface area contributed by atoms with Gasteiger partial charge in [0.05, 0.1) is 19.8 Å². The molecule has 1 aromatic heterocycles. The number of allylic oxidation sites excluding steroid dienone is 1. The minimum Gasteiger partial charge on any atom is -0.497 e. The van der Waals surface area contributed by atoms with Gasteiger partial charge < -0.3 is 13.9 Å². The smallest absolute Gasteiger partial charge is 0.189 e. The second kappa shape index (κ2) is 6.43. The predicted octanol–water partition coefficient (Wildman–Crippen LogP) is 3.96. The molecule has 2 rings (SSSR count). The highest BCUT2D eigenvalue weighted by atomic mass is 79.9. The summed E-state index contributed by atoms with van der Waals surface area (Å²) in [5.74, 6) is 1.50. The average molecular weight is 337 g/mol. The lowest BCUT2D eigenvalue weighted by Gasteiger charge is -2.07. The van der Waals surface area contributed by atoms with Crippen molar-refractivity contribution in [2.75, 3.05) is 14.2 Å². The van der Waals surface area contributed by atoms with E-state index < -0.39 is 0 Å². The Morgan fingerprint density at radius 3 is 2.60 bits per heavy atom. The number of ether oxygens (including phenoxy) is 2.